The molecule has 1 fully saturated rings. The topological polar surface area (TPSA) is 52.6 Å². The summed E-state index contributed by atoms with van der Waals surface area (Å²) in [5.41, 5.74) is 0.481. The van der Waals surface area contributed by atoms with Gasteiger partial charge in [0.25, 0.3) is 5.91 Å². The average Bonchev–Trinajstić information content (AvgIpc) is 2.95. The molecule has 0 spiro atoms. The number of benzene rings is 1. The monoisotopic (exact) mass is 340 g/mol. The lowest BCUT2D eigenvalue weighted by atomic mass is 10.2. The van der Waals surface area contributed by atoms with Gasteiger partial charge in [-0.05, 0) is 54.0 Å². The molecule has 0 unspecified atom stereocenters. The zero-order valence-electron chi connectivity index (χ0n) is 11.7. The fourth-order valence-electron chi connectivity index (χ4n) is 2.63. The first-order valence-electron chi connectivity index (χ1n) is 7.05. The van der Waals surface area contributed by atoms with Crippen molar-refractivity contribution in [2.24, 2.45) is 0 Å². The van der Waals surface area contributed by atoms with Gasteiger partial charge in [0.05, 0.1) is 4.47 Å². The number of nitrogens with zero attached hydrogens (tertiary/aromatic N) is 1. The van der Waals surface area contributed by atoms with Crippen LogP contribution in [0.5, 0.6) is 5.75 Å². The number of carbonyl (C=O) groups excluding carboxylic acids is 1. The predicted molar refractivity (Wildman–Crippen MR) is 83.0 cm³/mol. The van der Waals surface area contributed by atoms with E-state index in [4.69, 9.17) is 0 Å². The minimum atomic E-state index is -0.146. The summed E-state index contributed by atoms with van der Waals surface area (Å²) in [5.74, 6) is -0.0617. The highest BCUT2D eigenvalue weighted by molar-refractivity contribution is 9.10. The molecule has 4 nitrogen and oxygen atoms in total. The highest BCUT2D eigenvalue weighted by Gasteiger charge is 2.19. The molecule has 1 aliphatic rings. The lowest BCUT2D eigenvalue weighted by molar-refractivity contribution is 0.0946. The Kier molecular flexibility index (Phi) is 5.43. The first-order chi connectivity index (χ1) is 9.58. The van der Waals surface area contributed by atoms with Gasteiger partial charge in [-0.25, -0.2) is 0 Å². The molecule has 0 radical (unpaired) electrons. The number of phenols is 1. The molecule has 20 heavy (non-hydrogen) atoms. The van der Waals surface area contributed by atoms with E-state index >= 15 is 0 Å². The summed E-state index contributed by atoms with van der Waals surface area (Å²) in [5, 5.41) is 12.5. The Bertz CT molecular complexity index is 473. The van der Waals surface area contributed by atoms with E-state index in [1.165, 1.54) is 31.7 Å². The Morgan fingerprint density at radius 1 is 1.45 bits per heavy atom. The molecule has 5 heteroatoms. The Morgan fingerprint density at radius 2 is 2.15 bits per heavy atom. The third-order valence-corrected chi connectivity index (χ3v) is 4.58. The van der Waals surface area contributed by atoms with Gasteiger partial charge >= 0.3 is 0 Å². The summed E-state index contributed by atoms with van der Waals surface area (Å²) < 4.78 is 0.593. The number of carbonyl (C=O) groups is 1. The van der Waals surface area contributed by atoms with E-state index in [0.29, 0.717) is 22.6 Å². The van der Waals surface area contributed by atoms with Crippen LogP contribution >= 0.6 is 15.9 Å². The van der Waals surface area contributed by atoms with E-state index < -0.39 is 0 Å². The van der Waals surface area contributed by atoms with Crippen molar-refractivity contribution in [3.05, 3.63) is 28.2 Å². The van der Waals surface area contributed by atoms with Crippen LogP contribution in [0.1, 0.15) is 36.0 Å². The average molecular weight is 341 g/mol. The van der Waals surface area contributed by atoms with Crippen LogP contribution in [0.4, 0.5) is 0 Å². The Labute approximate surface area is 128 Å². The molecular formula is C15H21BrN2O2. The number of aromatic hydroxyl groups is 1. The highest BCUT2D eigenvalue weighted by Crippen LogP contribution is 2.24. The van der Waals surface area contributed by atoms with Crippen LogP contribution in [-0.2, 0) is 0 Å². The third-order valence-electron chi connectivity index (χ3n) is 3.91. The second-order valence-electron chi connectivity index (χ2n) is 5.34. The van der Waals surface area contributed by atoms with Gasteiger partial charge in [0.2, 0.25) is 0 Å². The van der Waals surface area contributed by atoms with Crippen molar-refractivity contribution in [3.63, 3.8) is 0 Å². The third kappa shape index (κ3) is 3.96. The summed E-state index contributed by atoms with van der Waals surface area (Å²) in [4.78, 5) is 14.3. The van der Waals surface area contributed by atoms with Crippen molar-refractivity contribution >= 4 is 21.8 Å². The van der Waals surface area contributed by atoms with Gasteiger partial charge in [0, 0.05) is 24.7 Å². The van der Waals surface area contributed by atoms with Gasteiger partial charge < -0.3 is 15.3 Å². The van der Waals surface area contributed by atoms with Gasteiger partial charge in [-0.3, -0.25) is 4.79 Å². The van der Waals surface area contributed by atoms with E-state index in [9.17, 15) is 9.90 Å². The summed E-state index contributed by atoms with van der Waals surface area (Å²) in [6.07, 6.45) is 5.18. The fraction of sp³-hybridized carbons (Fsp3) is 0.533. The van der Waals surface area contributed by atoms with E-state index in [1.54, 1.807) is 12.1 Å². The number of hydrogen-bond donors (Lipinski definition) is 2. The van der Waals surface area contributed by atoms with E-state index in [1.807, 2.05) is 0 Å². The zero-order chi connectivity index (χ0) is 14.5. The summed E-state index contributed by atoms with van der Waals surface area (Å²) in [7, 11) is 2.12. The van der Waals surface area contributed by atoms with Gasteiger partial charge in [-0.15, -0.1) is 0 Å². The molecule has 0 saturated heterocycles. The molecule has 1 aliphatic carbocycles. The van der Waals surface area contributed by atoms with Crippen molar-refractivity contribution in [2.45, 2.75) is 31.7 Å². The molecule has 110 valence electrons. The molecule has 2 rings (SSSR count). The first kappa shape index (κ1) is 15.3. The lowest BCUT2D eigenvalue weighted by Crippen LogP contribution is -2.37. The van der Waals surface area contributed by atoms with Crippen molar-refractivity contribution in [1.29, 1.82) is 0 Å². The van der Waals surface area contributed by atoms with Crippen molar-refractivity contribution in [3.8, 4) is 5.75 Å². The molecule has 0 aromatic heterocycles. The number of halogens is 1. The van der Waals surface area contributed by atoms with Crippen LogP contribution in [0.2, 0.25) is 0 Å². The molecule has 1 aromatic rings. The van der Waals surface area contributed by atoms with E-state index in [-0.39, 0.29) is 11.7 Å². The highest BCUT2D eigenvalue weighted by atomic mass is 79.9. The van der Waals surface area contributed by atoms with Crippen LogP contribution in [0.25, 0.3) is 0 Å². The number of rotatable bonds is 5. The molecule has 0 heterocycles. The predicted octanol–water partition coefficient (Wildman–Crippen LogP) is 2.76. The fourth-order valence-corrected chi connectivity index (χ4v) is 2.88. The molecule has 0 aliphatic heterocycles. The van der Waals surface area contributed by atoms with Gasteiger partial charge in [-0.1, -0.05) is 12.8 Å². The zero-order valence-corrected chi connectivity index (χ0v) is 13.3. The Hall–Kier alpha value is -1.07. The SMILES string of the molecule is CN(CCNC(=O)c1ccc(Br)c(O)c1)C1CCCC1. The molecule has 1 amide bonds. The minimum absolute atomic E-state index is 0.0840. The van der Waals surface area contributed by atoms with E-state index in [0.717, 1.165) is 6.54 Å². The van der Waals surface area contributed by atoms with Gasteiger partial charge in [0.1, 0.15) is 5.75 Å². The molecule has 2 N–H and O–H groups in total. The first-order valence-corrected chi connectivity index (χ1v) is 7.84. The smallest absolute Gasteiger partial charge is 0.251 e. The second-order valence-corrected chi connectivity index (χ2v) is 6.20. The quantitative estimate of drug-likeness (QED) is 0.866. The molecule has 0 bridgehead atoms. The van der Waals surface area contributed by atoms with Crippen LogP contribution in [0.3, 0.4) is 0 Å². The summed E-state index contributed by atoms with van der Waals surface area (Å²) in [6, 6.07) is 5.51. The number of nitrogens with one attached hydrogen (secondary N) is 1. The molecule has 1 saturated carbocycles. The number of amides is 1. The molecule has 1 aromatic carbocycles. The maximum Gasteiger partial charge on any atom is 0.251 e. The lowest BCUT2D eigenvalue weighted by Gasteiger charge is -2.23. The second kappa shape index (κ2) is 7.09. The van der Waals surface area contributed by atoms with Crippen molar-refractivity contribution in [1.82, 2.24) is 10.2 Å². The van der Waals surface area contributed by atoms with Crippen molar-refractivity contribution in [2.75, 3.05) is 20.1 Å². The Morgan fingerprint density at radius 3 is 2.80 bits per heavy atom. The number of hydrogen-bond acceptors (Lipinski definition) is 3. The van der Waals surface area contributed by atoms with Crippen LogP contribution < -0.4 is 5.32 Å². The Balaban J connectivity index is 1.78. The standard InChI is InChI=1S/C15H21BrN2O2/c1-18(12-4-2-3-5-12)9-8-17-15(20)11-6-7-13(16)14(19)10-11/h6-7,10,12,19H,2-5,8-9H2,1H3,(H,17,20). The maximum atomic E-state index is 12.0. The number of likely N-dealkylation sites (N-methyl/N-ethyl adjacent to an activating group) is 1. The minimum Gasteiger partial charge on any atom is -0.507 e. The summed E-state index contributed by atoms with van der Waals surface area (Å²) >= 11 is 3.20. The summed E-state index contributed by atoms with van der Waals surface area (Å²) in [6.45, 7) is 1.49. The maximum absolute atomic E-state index is 12.0. The number of phenolic OH excluding ortho intramolecular Hbond substituents is 1. The van der Waals surface area contributed by atoms with Crippen LogP contribution in [0.15, 0.2) is 22.7 Å². The largest absolute Gasteiger partial charge is 0.507 e. The normalized spacial score (nSPS) is 15.8. The van der Waals surface area contributed by atoms with Crippen LogP contribution in [-0.4, -0.2) is 42.1 Å². The van der Waals surface area contributed by atoms with Crippen LogP contribution in [0, 0.1) is 0 Å². The molecule has 0 atom stereocenters. The van der Waals surface area contributed by atoms with E-state index in [2.05, 4.69) is 33.2 Å². The van der Waals surface area contributed by atoms with Crippen molar-refractivity contribution < 1.29 is 9.90 Å². The van der Waals surface area contributed by atoms with Gasteiger partial charge in [-0.2, -0.15) is 0 Å². The van der Waals surface area contributed by atoms with Gasteiger partial charge in [0.15, 0.2) is 0 Å². The molecular weight excluding hydrogens is 320 g/mol.